The number of hydrogen-bond acceptors (Lipinski definition) is 12. The second-order valence-electron chi connectivity index (χ2n) is 8.95. The van der Waals surface area contributed by atoms with Crippen LogP contribution in [-0.4, -0.2) is 100.0 Å². The molecule has 5 N–H and O–H groups in total. The monoisotopic (exact) mass is 538 g/mol. The summed E-state index contributed by atoms with van der Waals surface area (Å²) in [4.78, 5) is 46.1. The molecule has 2 amide bonds. The smallest absolute Gasteiger partial charge is 0.267 e. The van der Waals surface area contributed by atoms with Crippen molar-refractivity contribution in [2.75, 3.05) is 39.5 Å². The van der Waals surface area contributed by atoms with Gasteiger partial charge in [0.2, 0.25) is 5.91 Å². The van der Waals surface area contributed by atoms with Gasteiger partial charge in [-0.1, -0.05) is 23.0 Å². The number of aliphatic carboxylic acids is 1. The molecule has 0 saturated carbocycles. The number of likely N-dealkylation sites (tertiary alicyclic amines) is 1. The van der Waals surface area contributed by atoms with Crippen molar-refractivity contribution in [2.24, 2.45) is 5.16 Å². The van der Waals surface area contributed by atoms with Gasteiger partial charge >= 0.3 is 0 Å². The van der Waals surface area contributed by atoms with Gasteiger partial charge in [0, 0.05) is 11.0 Å². The van der Waals surface area contributed by atoms with Gasteiger partial charge in [-0.3, -0.25) is 14.5 Å². The Labute approximate surface area is 214 Å². The Bertz CT molecular complexity index is 1160. The maximum absolute atomic E-state index is 12.8. The number of aliphatic hydroxyl groups is 2. The number of thioether (sulfide) groups is 1. The third-order valence-electron chi connectivity index (χ3n) is 6.28. The van der Waals surface area contributed by atoms with Crippen LogP contribution in [0.15, 0.2) is 34.0 Å². The van der Waals surface area contributed by atoms with Crippen molar-refractivity contribution in [3.63, 3.8) is 0 Å². The maximum Gasteiger partial charge on any atom is 0.267 e. The summed E-state index contributed by atoms with van der Waals surface area (Å²) < 4.78 is 0.300. The Morgan fingerprint density at radius 2 is 2.14 bits per heavy atom. The summed E-state index contributed by atoms with van der Waals surface area (Å²) in [5.74, 6) is -2.67. The molecule has 1 aromatic rings. The minimum Gasteiger partial charge on any atom is -0.543 e. The summed E-state index contributed by atoms with van der Waals surface area (Å²) in [6.45, 7) is 0.934. The molecule has 1 aromatic heterocycles. The predicted molar refractivity (Wildman–Crippen MR) is 129 cm³/mol. The van der Waals surface area contributed by atoms with Crippen molar-refractivity contribution >= 4 is 52.2 Å². The number of carbonyl (C=O) groups is 3. The molecule has 15 heteroatoms. The number of anilines is 1. The van der Waals surface area contributed by atoms with Gasteiger partial charge in [-0.2, -0.15) is 0 Å². The van der Waals surface area contributed by atoms with Crippen LogP contribution in [0.1, 0.15) is 12.1 Å². The summed E-state index contributed by atoms with van der Waals surface area (Å²) in [5.41, 5.74) is 5.84. The molecule has 3 aliphatic heterocycles. The number of nitrogens with one attached hydrogen (secondary N) is 1. The number of aliphatic hydroxyl groups excluding tert-OH is 2. The Morgan fingerprint density at radius 3 is 2.69 bits per heavy atom. The van der Waals surface area contributed by atoms with Gasteiger partial charge < -0.3 is 40.5 Å². The van der Waals surface area contributed by atoms with Gasteiger partial charge in [0.05, 0.1) is 42.7 Å². The minimum atomic E-state index is -1.59. The molecule has 0 bridgehead atoms. The molecule has 36 heavy (non-hydrogen) atoms. The zero-order valence-electron chi connectivity index (χ0n) is 19.5. The van der Waals surface area contributed by atoms with Gasteiger partial charge in [-0.25, -0.2) is 4.98 Å². The van der Waals surface area contributed by atoms with Crippen LogP contribution in [0.25, 0.3) is 0 Å². The zero-order chi connectivity index (χ0) is 26.3. The highest BCUT2D eigenvalue weighted by molar-refractivity contribution is 8.01. The van der Waals surface area contributed by atoms with Gasteiger partial charge in [-0.15, -0.1) is 11.3 Å². The molecule has 2 saturated heterocycles. The number of carbonyl (C=O) groups excluding carboxylic acids is 3. The first-order valence-corrected chi connectivity index (χ1v) is 12.7. The van der Waals surface area contributed by atoms with Crippen LogP contribution in [0, 0.1) is 0 Å². The van der Waals surface area contributed by atoms with Gasteiger partial charge in [0.25, 0.3) is 5.91 Å². The molecule has 3 aliphatic rings. The molecule has 2 unspecified atom stereocenters. The van der Waals surface area contributed by atoms with E-state index in [9.17, 15) is 29.7 Å². The van der Waals surface area contributed by atoms with E-state index in [2.05, 4.69) is 20.3 Å². The standard InChI is InChI=1S/C21H26N6O7S2/c1-27(8-12(28)13(29)9-27)5-3-4-11-18(19(32)33)26-16(31)6-17(26)36-21(11,14-10-35-20(22)24-14)25-15(30)7-23-34-2/h3-4,7,10,12-13,17,28-29H,5-6,8-9H2,1-2H3,(H3-,22,24,25,30,32,33)/b4-3-,23-7?/t12-,13+,17-,21?,27?/m0/s1. The lowest BCUT2D eigenvalue weighted by atomic mass is 9.96. The first-order chi connectivity index (χ1) is 17.0. The van der Waals surface area contributed by atoms with Crippen LogP contribution < -0.4 is 16.2 Å². The van der Waals surface area contributed by atoms with Crippen molar-refractivity contribution in [3.8, 4) is 0 Å². The number of thiazole rings is 1. The second-order valence-corrected chi connectivity index (χ2v) is 11.2. The van der Waals surface area contributed by atoms with Gasteiger partial charge in [-0.05, 0) is 6.08 Å². The molecular formula is C21H26N6O7S2. The Balaban J connectivity index is 1.83. The zero-order valence-corrected chi connectivity index (χ0v) is 21.1. The van der Waals surface area contributed by atoms with Crippen molar-refractivity contribution in [1.29, 1.82) is 0 Å². The van der Waals surface area contributed by atoms with Crippen molar-refractivity contribution in [3.05, 3.63) is 34.5 Å². The van der Waals surface area contributed by atoms with E-state index in [0.29, 0.717) is 24.1 Å². The fourth-order valence-electron chi connectivity index (χ4n) is 4.63. The molecule has 0 aromatic carbocycles. The molecular weight excluding hydrogens is 512 g/mol. The predicted octanol–water partition coefficient (Wildman–Crippen LogP) is -2.33. The number of aromatic nitrogens is 1. The quantitative estimate of drug-likeness (QED) is 0.121. The number of carboxylic acids is 1. The third-order valence-corrected chi connectivity index (χ3v) is 8.48. The molecule has 4 rings (SSSR count). The Hall–Kier alpha value is -2.98. The number of nitrogen functional groups attached to an aromatic ring is 1. The molecule has 194 valence electrons. The van der Waals surface area contributed by atoms with E-state index < -0.39 is 34.3 Å². The summed E-state index contributed by atoms with van der Waals surface area (Å²) in [7, 11) is 3.12. The molecule has 5 atom stereocenters. The van der Waals surface area contributed by atoms with E-state index >= 15 is 0 Å². The molecule has 2 fully saturated rings. The highest BCUT2D eigenvalue weighted by Crippen LogP contribution is 2.54. The van der Waals surface area contributed by atoms with Gasteiger partial charge in [0.1, 0.15) is 38.6 Å². The van der Waals surface area contributed by atoms with Gasteiger partial charge in [0.15, 0.2) is 10.0 Å². The number of oxime groups is 1. The van der Waals surface area contributed by atoms with Crippen molar-refractivity contribution in [2.45, 2.75) is 28.9 Å². The number of nitrogens with zero attached hydrogens (tertiary/aromatic N) is 4. The first kappa shape index (κ1) is 26.1. The third kappa shape index (κ3) is 4.71. The van der Waals surface area contributed by atoms with Crippen molar-refractivity contribution in [1.82, 2.24) is 15.2 Å². The minimum absolute atomic E-state index is 0.0621. The number of nitrogens with two attached hydrogens (primary N) is 1. The largest absolute Gasteiger partial charge is 0.543 e. The average Bonchev–Trinajstić information content (AvgIpc) is 3.34. The number of quaternary nitrogens is 1. The highest BCUT2D eigenvalue weighted by Gasteiger charge is 2.55. The number of amides is 2. The number of rotatable bonds is 8. The molecule has 4 heterocycles. The summed E-state index contributed by atoms with van der Waals surface area (Å²) in [6, 6.07) is 0. The molecule has 0 aliphatic carbocycles. The SMILES string of the molecule is CON=CC(=O)NC1(c2csc(N)n2)S[C@H]2CC(=O)N2C(C(=O)[O-])=C1/C=C\C[N+]1(C)C[C@@H](O)[C@@H](O)C1. The molecule has 0 radical (unpaired) electrons. The fraction of sp³-hybridized carbons (Fsp3) is 0.476. The van der Waals surface area contributed by atoms with Crippen LogP contribution in [0.4, 0.5) is 5.13 Å². The normalized spacial score (nSPS) is 32.2. The Morgan fingerprint density at radius 1 is 1.44 bits per heavy atom. The highest BCUT2D eigenvalue weighted by atomic mass is 32.2. The second kappa shape index (κ2) is 9.82. The number of hydrogen-bond donors (Lipinski definition) is 4. The number of carboxylic acid groups (broad SMARTS) is 1. The topological polar surface area (TPSA) is 190 Å². The summed E-state index contributed by atoms with van der Waals surface area (Å²) in [5, 5.41) is 39.8. The van der Waals surface area contributed by atoms with Crippen LogP contribution in [0.3, 0.4) is 0 Å². The lowest BCUT2D eigenvalue weighted by molar-refractivity contribution is -0.894. The molecule has 0 spiro atoms. The van der Waals surface area contributed by atoms with E-state index in [4.69, 9.17) is 5.73 Å². The van der Waals surface area contributed by atoms with E-state index in [-0.39, 0.29) is 34.4 Å². The van der Waals surface area contributed by atoms with E-state index in [1.807, 2.05) is 7.05 Å². The lowest BCUT2D eigenvalue weighted by Crippen LogP contribution is -2.62. The van der Waals surface area contributed by atoms with E-state index in [0.717, 1.165) is 34.2 Å². The van der Waals surface area contributed by atoms with E-state index in [1.54, 1.807) is 11.5 Å². The number of β-lactam (4-membered cyclic amide) rings is 1. The summed E-state index contributed by atoms with van der Waals surface area (Å²) in [6.07, 6.45) is 2.39. The van der Waals surface area contributed by atoms with Crippen molar-refractivity contribution < 1.29 is 39.0 Å². The van der Waals surface area contributed by atoms with E-state index in [1.165, 1.54) is 13.2 Å². The molecule has 13 nitrogen and oxygen atoms in total. The number of fused-ring (bicyclic) bond motifs is 1. The Kier molecular flexibility index (Phi) is 7.12. The van der Waals surface area contributed by atoms with Crippen LogP contribution in [0.2, 0.25) is 0 Å². The maximum atomic E-state index is 12.8. The number of likely N-dealkylation sites (N-methyl/N-ethyl adjacent to an activating group) is 1. The first-order valence-electron chi connectivity index (χ1n) is 10.9. The van der Waals surface area contributed by atoms with Crippen LogP contribution >= 0.6 is 23.1 Å². The fourth-order valence-corrected chi connectivity index (χ4v) is 6.96. The average molecular weight is 539 g/mol. The van der Waals surface area contributed by atoms with Crippen LogP contribution in [-0.2, 0) is 24.1 Å². The summed E-state index contributed by atoms with van der Waals surface area (Å²) >= 11 is 2.26. The lowest BCUT2D eigenvalue weighted by Gasteiger charge is -2.52. The van der Waals surface area contributed by atoms with Crippen LogP contribution in [0.5, 0.6) is 0 Å².